The Kier molecular flexibility index (Phi) is 4.68. The van der Waals surface area contributed by atoms with E-state index in [1.165, 1.54) is 17.2 Å². The molecule has 0 aliphatic rings. The minimum absolute atomic E-state index is 0.141. The number of pyridine rings is 1. The van der Waals surface area contributed by atoms with Crippen LogP contribution >= 0.6 is 11.6 Å². The summed E-state index contributed by atoms with van der Waals surface area (Å²) in [7, 11) is 1.64. The molecule has 0 aliphatic carbocycles. The molecular formula is C11H16ClFN2O2. The van der Waals surface area contributed by atoms with Crippen molar-refractivity contribution in [3.63, 3.8) is 0 Å². The van der Waals surface area contributed by atoms with Crippen molar-refractivity contribution in [1.82, 2.24) is 4.98 Å². The maximum atomic E-state index is 13.6. The number of halogens is 2. The zero-order valence-corrected chi connectivity index (χ0v) is 10.6. The number of anilines is 1. The van der Waals surface area contributed by atoms with E-state index in [9.17, 15) is 14.6 Å². The second-order valence-corrected chi connectivity index (χ2v) is 4.88. The molecular weight excluding hydrogens is 247 g/mol. The van der Waals surface area contributed by atoms with E-state index in [4.69, 9.17) is 11.6 Å². The molecule has 1 aromatic rings. The molecule has 0 amide bonds. The minimum atomic E-state index is -0.706. The summed E-state index contributed by atoms with van der Waals surface area (Å²) < 4.78 is 13.6. The summed E-state index contributed by atoms with van der Waals surface area (Å²) in [6.45, 7) is 1.61. The summed E-state index contributed by atoms with van der Waals surface area (Å²) in [6.07, 6.45) is 1.35. The van der Waals surface area contributed by atoms with Gasteiger partial charge in [0.05, 0.1) is 18.2 Å². The van der Waals surface area contributed by atoms with Crippen molar-refractivity contribution < 1.29 is 14.6 Å². The standard InChI is InChI=1S/C11H16ClFN2O2/c1-11(6-16,7-17)5-15(2)10-9(13)3-8(12)4-14-10/h3-4,16-17H,5-7H2,1-2H3. The van der Waals surface area contributed by atoms with Crippen LogP contribution in [0.2, 0.25) is 5.02 Å². The molecule has 1 heterocycles. The quantitative estimate of drug-likeness (QED) is 0.840. The van der Waals surface area contributed by atoms with Gasteiger partial charge in [-0.15, -0.1) is 0 Å². The van der Waals surface area contributed by atoms with Gasteiger partial charge in [0.2, 0.25) is 0 Å². The molecule has 0 saturated heterocycles. The van der Waals surface area contributed by atoms with Gasteiger partial charge < -0.3 is 15.1 Å². The Morgan fingerprint density at radius 2 is 2.06 bits per heavy atom. The smallest absolute Gasteiger partial charge is 0.167 e. The predicted octanol–water partition coefficient (Wildman–Crippen LogP) is 1.30. The third-order valence-corrected chi connectivity index (χ3v) is 2.74. The highest BCUT2D eigenvalue weighted by molar-refractivity contribution is 6.30. The topological polar surface area (TPSA) is 56.6 Å². The van der Waals surface area contributed by atoms with Gasteiger partial charge >= 0.3 is 0 Å². The third-order valence-electron chi connectivity index (χ3n) is 2.53. The number of aliphatic hydroxyl groups is 2. The molecule has 0 aliphatic heterocycles. The second-order valence-electron chi connectivity index (χ2n) is 4.44. The van der Waals surface area contributed by atoms with E-state index < -0.39 is 11.2 Å². The molecule has 0 radical (unpaired) electrons. The van der Waals surface area contributed by atoms with Gasteiger partial charge in [0.25, 0.3) is 0 Å². The molecule has 96 valence electrons. The molecule has 0 bridgehead atoms. The largest absolute Gasteiger partial charge is 0.396 e. The van der Waals surface area contributed by atoms with Crippen LogP contribution in [0.1, 0.15) is 6.92 Å². The Morgan fingerprint density at radius 1 is 1.47 bits per heavy atom. The Morgan fingerprint density at radius 3 is 2.53 bits per heavy atom. The van der Waals surface area contributed by atoms with Gasteiger partial charge in [-0.25, -0.2) is 9.37 Å². The van der Waals surface area contributed by atoms with Crippen molar-refractivity contribution in [3.8, 4) is 0 Å². The highest BCUT2D eigenvalue weighted by Gasteiger charge is 2.26. The van der Waals surface area contributed by atoms with Gasteiger partial charge in [0.1, 0.15) is 0 Å². The SMILES string of the molecule is CN(CC(C)(CO)CO)c1ncc(Cl)cc1F. The zero-order chi connectivity index (χ0) is 13.1. The fourth-order valence-electron chi connectivity index (χ4n) is 1.49. The first-order valence-electron chi connectivity index (χ1n) is 5.16. The molecule has 0 aromatic carbocycles. The van der Waals surface area contributed by atoms with Crippen LogP contribution in [0.5, 0.6) is 0 Å². The number of hydrogen-bond acceptors (Lipinski definition) is 4. The molecule has 1 rings (SSSR count). The maximum Gasteiger partial charge on any atom is 0.167 e. The molecule has 0 spiro atoms. The molecule has 2 N–H and O–H groups in total. The zero-order valence-electron chi connectivity index (χ0n) is 9.82. The molecule has 0 unspecified atom stereocenters. The maximum absolute atomic E-state index is 13.6. The average Bonchev–Trinajstić information content (AvgIpc) is 2.28. The first-order valence-corrected chi connectivity index (χ1v) is 5.53. The van der Waals surface area contributed by atoms with Crippen molar-refractivity contribution >= 4 is 17.4 Å². The fraction of sp³-hybridized carbons (Fsp3) is 0.545. The van der Waals surface area contributed by atoms with Gasteiger partial charge in [0.15, 0.2) is 11.6 Å². The number of rotatable bonds is 5. The van der Waals surface area contributed by atoms with E-state index in [2.05, 4.69) is 4.98 Å². The van der Waals surface area contributed by atoms with Crippen LogP contribution in [0.3, 0.4) is 0 Å². The normalized spacial score (nSPS) is 11.6. The highest BCUT2D eigenvalue weighted by atomic mass is 35.5. The molecule has 17 heavy (non-hydrogen) atoms. The third kappa shape index (κ3) is 3.52. The van der Waals surface area contributed by atoms with Gasteiger partial charge in [-0.3, -0.25) is 0 Å². The summed E-state index contributed by atoms with van der Waals surface area (Å²) in [6, 6.07) is 1.18. The predicted molar refractivity (Wildman–Crippen MR) is 64.8 cm³/mol. The number of hydrogen-bond donors (Lipinski definition) is 2. The first-order chi connectivity index (χ1) is 7.91. The van der Waals surface area contributed by atoms with Crippen molar-refractivity contribution in [2.45, 2.75) is 6.92 Å². The number of aliphatic hydroxyl groups excluding tert-OH is 2. The van der Waals surface area contributed by atoms with Crippen LogP contribution in [-0.2, 0) is 0 Å². The van der Waals surface area contributed by atoms with Gasteiger partial charge in [-0.05, 0) is 6.07 Å². The first kappa shape index (κ1) is 14.2. The van der Waals surface area contributed by atoms with E-state index in [0.717, 1.165) is 0 Å². The van der Waals surface area contributed by atoms with Crippen LogP contribution in [0.15, 0.2) is 12.3 Å². The Bertz CT molecular complexity index is 386. The lowest BCUT2D eigenvalue weighted by Crippen LogP contribution is -2.39. The molecule has 0 atom stereocenters. The number of nitrogens with zero attached hydrogens (tertiary/aromatic N) is 2. The van der Waals surface area contributed by atoms with E-state index in [0.29, 0.717) is 0 Å². The molecule has 4 nitrogen and oxygen atoms in total. The Hall–Kier alpha value is -0.910. The van der Waals surface area contributed by atoms with Crippen LogP contribution in [0.25, 0.3) is 0 Å². The fourth-order valence-corrected chi connectivity index (χ4v) is 1.63. The average molecular weight is 263 g/mol. The monoisotopic (exact) mass is 262 g/mol. The highest BCUT2D eigenvalue weighted by Crippen LogP contribution is 2.23. The molecule has 1 aromatic heterocycles. The Balaban J connectivity index is 2.86. The van der Waals surface area contributed by atoms with Crippen molar-refractivity contribution in [2.75, 3.05) is 31.7 Å². The number of aromatic nitrogens is 1. The minimum Gasteiger partial charge on any atom is -0.396 e. The molecule has 6 heteroatoms. The van der Waals surface area contributed by atoms with Crippen molar-refractivity contribution in [2.24, 2.45) is 5.41 Å². The Labute approximate surface area is 105 Å². The van der Waals surface area contributed by atoms with Crippen molar-refractivity contribution in [3.05, 3.63) is 23.1 Å². The van der Waals surface area contributed by atoms with Crippen LogP contribution in [0, 0.1) is 11.2 Å². The van der Waals surface area contributed by atoms with E-state index in [1.807, 2.05) is 0 Å². The van der Waals surface area contributed by atoms with Gasteiger partial charge in [0, 0.05) is 25.2 Å². The van der Waals surface area contributed by atoms with Crippen LogP contribution < -0.4 is 4.90 Å². The van der Waals surface area contributed by atoms with E-state index in [1.54, 1.807) is 14.0 Å². The lowest BCUT2D eigenvalue weighted by molar-refractivity contribution is 0.0760. The summed E-state index contributed by atoms with van der Waals surface area (Å²) in [5.41, 5.74) is -0.706. The van der Waals surface area contributed by atoms with Gasteiger partial charge in [-0.2, -0.15) is 0 Å². The lowest BCUT2D eigenvalue weighted by atomic mass is 9.92. The summed E-state index contributed by atoms with van der Waals surface area (Å²) in [5.74, 6) is -0.388. The summed E-state index contributed by atoms with van der Waals surface area (Å²) in [4.78, 5) is 5.43. The lowest BCUT2D eigenvalue weighted by Gasteiger charge is -2.31. The summed E-state index contributed by atoms with van der Waals surface area (Å²) in [5, 5.41) is 18.6. The van der Waals surface area contributed by atoms with E-state index in [-0.39, 0.29) is 30.6 Å². The second kappa shape index (κ2) is 5.62. The van der Waals surface area contributed by atoms with Crippen LogP contribution in [-0.4, -0.2) is 42.0 Å². The molecule has 0 saturated carbocycles. The van der Waals surface area contributed by atoms with Crippen molar-refractivity contribution in [1.29, 1.82) is 0 Å². The molecule has 0 fully saturated rings. The van der Waals surface area contributed by atoms with Gasteiger partial charge in [-0.1, -0.05) is 18.5 Å². The van der Waals surface area contributed by atoms with E-state index >= 15 is 0 Å². The van der Waals surface area contributed by atoms with Crippen LogP contribution in [0.4, 0.5) is 10.2 Å². The summed E-state index contributed by atoms with van der Waals surface area (Å²) >= 11 is 5.61.